The van der Waals surface area contributed by atoms with E-state index in [-0.39, 0.29) is 5.82 Å². The van der Waals surface area contributed by atoms with Crippen LogP contribution in [0.1, 0.15) is 20.8 Å². The quantitative estimate of drug-likeness (QED) is 0.792. The molecule has 2 heterocycles. The summed E-state index contributed by atoms with van der Waals surface area (Å²) in [6, 6.07) is 4.93. The van der Waals surface area contributed by atoms with Crippen molar-refractivity contribution in [3.8, 4) is 0 Å². The first-order chi connectivity index (χ1) is 11.0. The molecule has 1 aromatic heterocycles. The van der Waals surface area contributed by atoms with Gasteiger partial charge in [0.1, 0.15) is 10.8 Å². The number of thiophene rings is 1. The van der Waals surface area contributed by atoms with Gasteiger partial charge in [0.2, 0.25) is 0 Å². The Kier molecular flexibility index (Phi) is 4.53. The molecule has 0 atom stereocenters. The number of primary amides is 1. The molecule has 120 valence electrons. The molecular weight excluding hydrogens is 337 g/mol. The molecule has 23 heavy (non-hydrogen) atoms. The first-order valence-corrected chi connectivity index (χ1v) is 8.87. The molecule has 0 spiro atoms. The molecule has 0 aliphatic carbocycles. The summed E-state index contributed by atoms with van der Waals surface area (Å²) in [7, 11) is 0. The summed E-state index contributed by atoms with van der Waals surface area (Å²) in [5.41, 5.74) is 7.28. The van der Waals surface area contributed by atoms with Crippen LogP contribution in [0.3, 0.4) is 0 Å². The van der Waals surface area contributed by atoms with Crippen LogP contribution >= 0.6 is 23.1 Å². The molecule has 1 aliphatic heterocycles. The van der Waals surface area contributed by atoms with Crippen LogP contribution in [0.2, 0.25) is 0 Å². The number of anilines is 2. The summed E-state index contributed by atoms with van der Waals surface area (Å²) in [4.78, 5) is 24.9. The lowest BCUT2D eigenvalue weighted by atomic mass is 10.1. The van der Waals surface area contributed by atoms with E-state index in [1.807, 2.05) is 0 Å². The number of carbonyl (C=O) groups excluding carboxylic acids is 2. The van der Waals surface area contributed by atoms with Crippen LogP contribution in [0, 0.1) is 5.82 Å². The summed E-state index contributed by atoms with van der Waals surface area (Å²) in [6.45, 7) is 0. The van der Waals surface area contributed by atoms with Crippen LogP contribution in [-0.4, -0.2) is 17.7 Å². The highest BCUT2D eigenvalue weighted by Gasteiger charge is 2.25. The Morgan fingerprint density at radius 3 is 2.61 bits per heavy atom. The second-order valence-electron chi connectivity index (χ2n) is 4.96. The van der Waals surface area contributed by atoms with Crippen molar-refractivity contribution in [3.63, 3.8) is 0 Å². The maximum atomic E-state index is 12.9. The Labute approximate surface area is 140 Å². The minimum Gasteiger partial charge on any atom is -0.365 e. The lowest BCUT2D eigenvalue weighted by Crippen LogP contribution is -2.22. The molecular formula is C15H14FN3O2S2. The maximum Gasteiger partial charge on any atom is 0.324 e. The van der Waals surface area contributed by atoms with Gasteiger partial charge in [0, 0.05) is 16.3 Å². The molecule has 8 heteroatoms. The molecule has 0 unspecified atom stereocenters. The number of urea groups is 1. The highest BCUT2D eigenvalue weighted by atomic mass is 32.2. The smallest absolute Gasteiger partial charge is 0.324 e. The Morgan fingerprint density at radius 2 is 1.91 bits per heavy atom. The van der Waals surface area contributed by atoms with Crippen molar-refractivity contribution in [1.29, 1.82) is 0 Å². The molecule has 0 saturated heterocycles. The van der Waals surface area contributed by atoms with Gasteiger partial charge < -0.3 is 11.1 Å². The predicted molar refractivity (Wildman–Crippen MR) is 91.7 cm³/mol. The third-order valence-corrected chi connectivity index (χ3v) is 5.71. The Balaban J connectivity index is 1.79. The molecule has 0 bridgehead atoms. The van der Waals surface area contributed by atoms with Gasteiger partial charge in [-0.15, -0.1) is 11.3 Å². The topological polar surface area (TPSA) is 84.2 Å². The van der Waals surface area contributed by atoms with Gasteiger partial charge in [-0.2, -0.15) is 11.8 Å². The lowest BCUT2D eigenvalue weighted by molar-refractivity contribution is 0.100. The minimum absolute atomic E-state index is 0.379. The Bertz CT molecular complexity index is 759. The number of halogens is 1. The van der Waals surface area contributed by atoms with Crippen LogP contribution < -0.4 is 16.4 Å². The lowest BCUT2D eigenvalue weighted by Gasteiger charge is -2.11. The molecule has 1 aromatic carbocycles. The van der Waals surface area contributed by atoms with Crippen molar-refractivity contribution >= 4 is 45.7 Å². The zero-order valence-corrected chi connectivity index (χ0v) is 13.7. The van der Waals surface area contributed by atoms with Gasteiger partial charge in [-0.1, -0.05) is 0 Å². The van der Waals surface area contributed by atoms with Crippen LogP contribution in [0.5, 0.6) is 0 Å². The van der Waals surface area contributed by atoms with Gasteiger partial charge in [-0.25, -0.2) is 9.18 Å². The van der Waals surface area contributed by atoms with Gasteiger partial charge in [0.15, 0.2) is 0 Å². The number of amides is 3. The number of benzene rings is 1. The van der Waals surface area contributed by atoms with Gasteiger partial charge in [-0.05, 0) is 42.0 Å². The van der Waals surface area contributed by atoms with Crippen LogP contribution in [0.25, 0.3) is 0 Å². The van der Waals surface area contributed by atoms with E-state index in [0.29, 0.717) is 16.3 Å². The van der Waals surface area contributed by atoms with E-state index in [1.54, 1.807) is 11.8 Å². The number of thioether (sulfide) groups is 1. The average molecular weight is 351 g/mol. The van der Waals surface area contributed by atoms with Crippen molar-refractivity contribution in [3.05, 3.63) is 46.1 Å². The maximum absolute atomic E-state index is 12.9. The summed E-state index contributed by atoms with van der Waals surface area (Å²) in [6.07, 6.45) is 0.774. The number of rotatable bonds is 3. The largest absolute Gasteiger partial charge is 0.365 e. The molecule has 5 nitrogen and oxygen atoms in total. The van der Waals surface area contributed by atoms with Gasteiger partial charge in [0.25, 0.3) is 5.91 Å². The van der Waals surface area contributed by atoms with E-state index >= 15 is 0 Å². The van der Waals surface area contributed by atoms with Gasteiger partial charge in [-0.3, -0.25) is 10.1 Å². The van der Waals surface area contributed by atoms with Crippen molar-refractivity contribution in [1.82, 2.24) is 0 Å². The summed E-state index contributed by atoms with van der Waals surface area (Å²) < 4.78 is 12.9. The monoisotopic (exact) mass is 351 g/mol. The first kappa shape index (κ1) is 15.8. The predicted octanol–water partition coefficient (Wildman–Crippen LogP) is 3.42. The number of hydrogen-bond donors (Lipinski definition) is 3. The normalized spacial score (nSPS) is 13.3. The molecule has 3 amide bonds. The number of nitrogens with one attached hydrogen (secondary N) is 2. The fraction of sp³-hybridized carbons (Fsp3) is 0.200. The van der Waals surface area contributed by atoms with Gasteiger partial charge >= 0.3 is 6.03 Å². The first-order valence-electron chi connectivity index (χ1n) is 6.90. The molecule has 3 rings (SSSR count). The second-order valence-corrected chi connectivity index (χ2v) is 7.17. The molecule has 0 fully saturated rings. The summed E-state index contributed by atoms with van der Waals surface area (Å²) in [5, 5.41) is 5.74. The van der Waals surface area contributed by atoms with Crippen LogP contribution in [0.15, 0.2) is 24.3 Å². The Hall–Kier alpha value is -2.06. The SMILES string of the molecule is NC(=O)c1c(NC(=O)Nc2ccc(F)cc2)sc2c1CCSC2. The number of fused-ring (bicyclic) bond motifs is 1. The summed E-state index contributed by atoms with van der Waals surface area (Å²) in [5.74, 6) is 0.842. The third-order valence-electron chi connectivity index (χ3n) is 3.40. The fourth-order valence-electron chi connectivity index (χ4n) is 2.38. The third kappa shape index (κ3) is 3.48. The highest BCUT2D eigenvalue weighted by molar-refractivity contribution is 7.98. The fourth-order valence-corrected chi connectivity index (χ4v) is 4.76. The zero-order valence-electron chi connectivity index (χ0n) is 12.0. The Morgan fingerprint density at radius 1 is 1.17 bits per heavy atom. The summed E-state index contributed by atoms with van der Waals surface area (Å²) >= 11 is 3.17. The van der Waals surface area contributed by atoms with Gasteiger partial charge in [0.05, 0.1) is 5.56 Å². The number of nitrogens with two attached hydrogens (primary N) is 1. The van der Waals surface area contributed by atoms with Crippen molar-refractivity contribution in [2.75, 3.05) is 16.4 Å². The van der Waals surface area contributed by atoms with E-state index in [2.05, 4.69) is 10.6 Å². The highest BCUT2D eigenvalue weighted by Crippen LogP contribution is 2.39. The van der Waals surface area contributed by atoms with E-state index in [1.165, 1.54) is 35.6 Å². The molecule has 2 aromatic rings. The average Bonchev–Trinajstić information content (AvgIpc) is 2.87. The standard InChI is InChI=1S/C15H14FN3O2S2/c16-8-1-3-9(4-2-8)18-15(21)19-14-12(13(17)20)10-5-6-22-7-11(10)23-14/h1-4H,5-7H2,(H2,17,20)(H2,18,19,21). The van der Waals surface area contributed by atoms with E-state index in [4.69, 9.17) is 5.73 Å². The van der Waals surface area contributed by atoms with E-state index in [0.717, 1.165) is 28.4 Å². The molecule has 0 radical (unpaired) electrons. The zero-order chi connectivity index (χ0) is 16.4. The van der Waals surface area contributed by atoms with Crippen molar-refractivity contribution in [2.45, 2.75) is 12.2 Å². The molecule has 1 aliphatic rings. The molecule has 0 saturated carbocycles. The van der Waals surface area contributed by atoms with Crippen LogP contribution in [-0.2, 0) is 12.2 Å². The second kappa shape index (κ2) is 6.59. The molecule has 4 N–H and O–H groups in total. The van der Waals surface area contributed by atoms with E-state index < -0.39 is 11.9 Å². The number of carbonyl (C=O) groups is 2. The van der Waals surface area contributed by atoms with Crippen molar-refractivity contribution in [2.24, 2.45) is 5.73 Å². The van der Waals surface area contributed by atoms with Crippen LogP contribution in [0.4, 0.5) is 19.9 Å². The number of hydrogen-bond acceptors (Lipinski definition) is 4. The van der Waals surface area contributed by atoms with E-state index in [9.17, 15) is 14.0 Å². The van der Waals surface area contributed by atoms with Crippen molar-refractivity contribution < 1.29 is 14.0 Å². The minimum atomic E-state index is -0.536.